The Labute approximate surface area is 97.2 Å². The van der Waals surface area contributed by atoms with Gasteiger partial charge in [0, 0.05) is 0 Å². The second kappa shape index (κ2) is 5.37. The molecule has 0 unspecified atom stereocenters. The molecule has 1 aromatic carbocycles. The summed E-state index contributed by atoms with van der Waals surface area (Å²) in [6, 6.07) is 8.99. The first-order chi connectivity index (χ1) is 5.99. The zero-order chi connectivity index (χ0) is 9.90. The van der Waals surface area contributed by atoms with Crippen molar-refractivity contribution in [3.8, 4) is 0 Å². The minimum absolute atomic E-state index is 0. The summed E-state index contributed by atoms with van der Waals surface area (Å²) in [6.45, 7) is 1.63. The number of hydrogen-bond acceptors (Lipinski definition) is 2. The van der Waals surface area contributed by atoms with Gasteiger partial charge in [0.25, 0.3) is 10.1 Å². The normalized spacial score (nSPS) is 12.0. The molecule has 1 aromatic rings. The topological polar surface area (TPSA) is 54.4 Å². The quantitative estimate of drug-likeness (QED) is 0.501. The Morgan fingerprint density at radius 3 is 2.29 bits per heavy atom. The van der Waals surface area contributed by atoms with E-state index in [0.29, 0.717) is 5.57 Å². The van der Waals surface area contributed by atoms with Crippen molar-refractivity contribution in [1.29, 1.82) is 0 Å². The van der Waals surface area contributed by atoms with E-state index >= 15 is 0 Å². The molecular formula is C9H11LiO3S. The minimum atomic E-state index is -4.03. The summed E-state index contributed by atoms with van der Waals surface area (Å²) in [5.41, 5.74) is 1.29. The van der Waals surface area contributed by atoms with Gasteiger partial charge in [-0.3, -0.25) is 4.55 Å². The van der Waals surface area contributed by atoms with Gasteiger partial charge >= 0.3 is 18.9 Å². The third-order valence-corrected chi connectivity index (χ3v) is 2.21. The Balaban J connectivity index is 0. The number of hydrogen-bond donors (Lipinski definition) is 1. The summed E-state index contributed by atoms with van der Waals surface area (Å²) >= 11 is 0. The Bertz CT molecular complexity index is 414. The molecule has 0 amide bonds. The van der Waals surface area contributed by atoms with Crippen LogP contribution in [-0.2, 0) is 10.1 Å². The van der Waals surface area contributed by atoms with Crippen molar-refractivity contribution in [3.05, 3.63) is 41.3 Å². The average Bonchev–Trinajstić information content (AvgIpc) is 2.03. The Hall–Kier alpha value is -0.533. The van der Waals surface area contributed by atoms with E-state index in [-0.39, 0.29) is 20.3 Å². The molecule has 0 aromatic heterocycles. The fraction of sp³-hybridized carbons (Fsp3) is 0.111. The molecule has 0 radical (unpaired) electrons. The van der Waals surface area contributed by atoms with Crippen LogP contribution in [0, 0.1) is 0 Å². The second-order valence-electron chi connectivity index (χ2n) is 2.68. The van der Waals surface area contributed by atoms with Crippen LogP contribution in [0.3, 0.4) is 0 Å². The van der Waals surface area contributed by atoms with E-state index in [1.165, 1.54) is 0 Å². The van der Waals surface area contributed by atoms with Gasteiger partial charge in [0.1, 0.15) is 0 Å². The molecule has 0 aliphatic heterocycles. The maximum atomic E-state index is 10.5. The van der Waals surface area contributed by atoms with E-state index in [4.69, 9.17) is 4.55 Å². The zero-order valence-electron chi connectivity index (χ0n) is 9.14. The van der Waals surface area contributed by atoms with Crippen LogP contribution in [-0.4, -0.2) is 13.0 Å². The van der Waals surface area contributed by atoms with Crippen LogP contribution in [0.4, 0.5) is 0 Å². The largest absolute Gasteiger partial charge is 1.00 e. The molecule has 0 aliphatic rings. The smallest absolute Gasteiger partial charge is 1.00 e. The van der Waals surface area contributed by atoms with E-state index in [9.17, 15) is 8.42 Å². The molecule has 0 aliphatic carbocycles. The molecular weight excluding hydrogens is 195 g/mol. The summed E-state index contributed by atoms with van der Waals surface area (Å²) in [7, 11) is -4.03. The van der Waals surface area contributed by atoms with E-state index in [1.54, 1.807) is 31.2 Å². The molecule has 1 N–H and O–H groups in total. The summed E-state index contributed by atoms with van der Waals surface area (Å²) in [5, 5.41) is 0.836. The summed E-state index contributed by atoms with van der Waals surface area (Å²) in [6.07, 6.45) is 0. The van der Waals surface area contributed by atoms with Gasteiger partial charge < -0.3 is 1.43 Å². The first-order valence-corrected chi connectivity index (χ1v) is 5.20. The molecule has 0 atom stereocenters. The Morgan fingerprint density at radius 1 is 1.36 bits per heavy atom. The van der Waals surface area contributed by atoms with Crippen molar-refractivity contribution in [2.45, 2.75) is 6.92 Å². The maximum absolute atomic E-state index is 10.5. The Morgan fingerprint density at radius 2 is 1.86 bits per heavy atom. The standard InChI is InChI=1S/C9H10O3S.Li.H/c1-8(7-13(10,11)12)9-5-3-2-4-6-9;;/h2-7H,1H3,(H,10,11,12);;/q;+1;-1. The molecule has 0 fully saturated rings. The maximum Gasteiger partial charge on any atom is 1.00 e. The predicted octanol–water partition coefficient (Wildman–Crippen LogP) is -0.948. The summed E-state index contributed by atoms with van der Waals surface area (Å²) in [5.74, 6) is 0. The minimum Gasteiger partial charge on any atom is -1.00 e. The molecule has 1 rings (SSSR count). The molecule has 5 heteroatoms. The van der Waals surface area contributed by atoms with Gasteiger partial charge in [0.05, 0.1) is 5.41 Å². The molecule has 0 spiro atoms. The first-order valence-electron chi connectivity index (χ1n) is 3.70. The SMILES string of the molecule is CC(=CS(=O)(=O)O)c1ccccc1.[H-].[Li+]. The van der Waals surface area contributed by atoms with E-state index < -0.39 is 10.1 Å². The van der Waals surface area contributed by atoms with Gasteiger partial charge in [-0.05, 0) is 18.1 Å². The number of benzene rings is 1. The van der Waals surface area contributed by atoms with Crippen LogP contribution in [0.25, 0.3) is 5.57 Å². The number of rotatable bonds is 2. The van der Waals surface area contributed by atoms with Gasteiger partial charge in [-0.1, -0.05) is 30.3 Å². The molecule has 0 saturated carbocycles. The van der Waals surface area contributed by atoms with Crippen molar-refractivity contribution >= 4 is 15.7 Å². The van der Waals surface area contributed by atoms with Crippen molar-refractivity contribution < 1.29 is 33.3 Å². The molecule has 14 heavy (non-hydrogen) atoms. The van der Waals surface area contributed by atoms with Crippen LogP contribution in [0.15, 0.2) is 35.7 Å². The fourth-order valence-electron chi connectivity index (χ4n) is 0.992. The van der Waals surface area contributed by atoms with Gasteiger partial charge in [-0.15, -0.1) is 0 Å². The van der Waals surface area contributed by atoms with Crippen molar-refractivity contribution in [2.75, 3.05) is 0 Å². The van der Waals surface area contributed by atoms with E-state index in [1.807, 2.05) is 6.07 Å². The molecule has 0 saturated heterocycles. The molecule has 0 heterocycles. The molecule has 72 valence electrons. The summed E-state index contributed by atoms with van der Waals surface area (Å²) in [4.78, 5) is 0. The first kappa shape index (κ1) is 13.5. The summed E-state index contributed by atoms with van der Waals surface area (Å²) < 4.78 is 29.5. The molecule has 0 bridgehead atoms. The third-order valence-electron chi connectivity index (χ3n) is 1.55. The average molecular weight is 206 g/mol. The Kier molecular flexibility index (Phi) is 5.17. The van der Waals surface area contributed by atoms with Crippen LogP contribution in [0.2, 0.25) is 0 Å². The van der Waals surface area contributed by atoms with Gasteiger partial charge in [0.15, 0.2) is 0 Å². The van der Waals surface area contributed by atoms with Crippen LogP contribution in [0.5, 0.6) is 0 Å². The molecule has 3 nitrogen and oxygen atoms in total. The third kappa shape index (κ3) is 4.63. The van der Waals surface area contributed by atoms with Crippen molar-refractivity contribution in [1.82, 2.24) is 0 Å². The van der Waals surface area contributed by atoms with E-state index in [0.717, 1.165) is 11.0 Å². The van der Waals surface area contributed by atoms with Gasteiger partial charge in [-0.25, -0.2) is 0 Å². The van der Waals surface area contributed by atoms with Crippen molar-refractivity contribution in [2.24, 2.45) is 0 Å². The fourth-order valence-corrected chi connectivity index (χ4v) is 1.58. The number of allylic oxidation sites excluding steroid dienone is 1. The predicted molar refractivity (Wildman–Crippen MR) is 52.8 cm³/mol. The second-order valence-corrected chi connectivity index (χ2v) is 3.95. The monoisotopic (exact) mass is 206 g/mol. The van der Waals surface area contributed by atoms with Crippen LogP contribution < -0.4 is 18.9 Å². The van der Waals surface area contributed by atoms with Gasteiger partial charge in [0.2, 0.25) is 0 Å². The van der Waals surface area contributed by atoms with Crippen LogP contribution in [0.1, 0.15) is 13.9 Å². The van der Waals surface area contributed by atoms with E-state index in [2.05, 4.69) is 0 Å². The van der Waals surface area contributed by atoms with Crippen LogP contribution >= 0.6 is 0 Å². The van der Waals surface area contributed by atoms with Crippen molar-refractivity contribution in [3.63, 3.8) is 0 Å². The zero-order valence-corrected chi connectivity index (χ0v) is 8.95. The van der Waals surface area contributed by atoms with Gasteiger partial charge in [-0.2, -0.15) is 8.42 Å².